The molecule has 23 heavy (non-hydrogen) atoms. The minimum absolute atomic E-state index is 0.0933. The second-order valence-electron chi connectivity index (χ2n) is 5.30. The summed E-state index contributed by atoms with van der Waals surface area (Å²) in [6, 6.07) is 14.7. The molecule has 0 aliphatic carbocycles. The fraction of sp³-hybridized carbons (Fsp3) is 0.167. The first kappa shape index (κ1) is 14.8. The van der Waals surface area contributed by atoms with Crippen LogP contribution in [0.3, 0.4) is 0 Å². The van der Waals surface area contributed by atoms with Gasteiger partial charge in [-0.05, 0) is 42.0 Å². The highest BCUT2D eigenvalue weighted by Crippen LogP contribution is 2.15. The van der Waals surface area contributed by atoms with E-state index >= 15 is 0 Å². The van der Waals surface area contributed by atoms with E-state index in [9.17, 15) is 4.79 Å². The van der Waals surface area contributed by atoms with Crippen molar-refractivity contribution in [1.29, 1.82) is 5.26 Å². The zero-order valence-electron chi connectivity index (χ0n) is 12.8. The number of aryl methyl sites for hydroxylation is 1. The Morgan fingerprint density at radius 1 is 1.26 bits per heavy atom. The first-order chi connectivity index (χ1) is 11.2. The van der Waals surface area contributed by atoms with Gasteiger partial charge < -0.3 is 10.3 Å². The molecule has 0 radical (unpaired) electrons. The summed E-state index contributed by atoms with van der Waals surface area (Å²) in [5.41, 5.74) is 4.04. The van der Waals surface area contributed by atoms with Gasteiger partial charge in [-0.1, -0.05) is 13.0 Å². The number of carbonyl (C=O) groups excluding carboxylic acids is 1. The molecule has 5 heteroatoms. The van der Waals surface area contributed by atoms with Crippen LogP contribution >= 0.6 is 0 Å². The van der Waals surface area contributed by atoms with Gasteiger partial charge in [0.2, 0.25) is 5.91 Å². The van der Waals surface area contributed by atoms with Gasteiger partial charge in [0.05, 0.1) is 29.1 Å². The van der Waals surface area contributed by atoms with E-state index in [0.29, 0.717) is 11.3 Å². The lowest BCUT2D eigenvalue weighted by Crippen LogP contribution is -2.14. The normalized spacial score (nSPS) is 10.4. The molecule has 1 heterocycles. The molecule has 0 saturated heterocycles. The van der Waals surface area contributed by atoms with E-state index in [1.165, 1.54) is 0 Å². The Morgan fingerprint density at radius 2 is 2.04 bits per heavy atom. The molecule has 2 aromatic carbocycles. The Bertz CT molecular complexity index is 888. The molecule has 3 rings (SSSR count). The second-order valence-corrected chi connectivity index (χ2v) is 5.30. The van der Waals surface area contributed by atoms with Gasteiger partial charge in [0, 0.05) is 12.1 Å². The number of nitrogens with zero attached hydrogens (tertiary/aromatic N) is 2. The molecule has 0 fully saturated rings. The smallest absolute Gasteiger partial charge is 0.228 e. The Kier molecular flexibility index (Phi) is 4.07. The van der Waals surface area contributed by atoms with Crippen molar-refractivity contribution in [3.8, 4) is 6.07 Å². The number of nitrogens with one attached hydrogen (secondary N) is 2. The number of hydrogen-bond donors (Lipinski definition) is 2. The topological polar surface area (TPSA) is 81.6 Å². The van der Waals surface area contributed by atoms with Crippen LogP contribution in [-0.2, 0) is 17.6 Å². The van der Waals surface area contributed by atoms with Gasteiger partial charge >= 0.3 is 0 Å². The third kappa shape index (κ3) is 3.38. The lowest BCUT2D eigenvalue weighted by atomic mass is 10.1. The maximum atomic E-state index is 12.1. The van der Waals surface area contributed by atoms with Crippen molar-refractivity contribution in [2.75, 3.05) is 5.32 Å². The number of anilines is 1. The van der Waals surface area contributed by atoms with Crippen LogP contribution < -0.4 is 5.32 Å². The maximum absolute atomic E-state index is 12.1. The number of aromatic amines is 1. The molecular weight excluding hydrogens is 288 g/mol. The lowest BCUT2D eigenvalue weighted by Gasteiger charge is -2.05. The van der Waals surface area contributed by atoms with Gasteiger partial charge in [0.25, 0.3) is 0 Å². The van der Waals surface area contributed by atoms with Crippen LogP contribution in [0.15, 0.2) is 42.5 Å². The number of carbonyl (C=O) groups is 1. The highest BCUT2D eigenvalue weighted by Gasteiger charge is 2.07. The summed E-state index contributed by atoms with van der Waals surface area (Å²) in [5.74, 6) is 0.850. The van der Waals surface area contributed by atoms with Gasteiger partial charge in [0.1, 0.15) is 5.82 Å². The van der Waals surface area contributed by atoms with Gasteiger partial charge in [-0.2, -0.15) is 5.26 Å². The summed E-state index contributed by atoms with van der Waals surface area (Å²) < 4.78 is 0. The molecule has 0 aliphatic rings. The van der Waals surface area contributed by atoms with E-state index in [1.807, 2.05) is 31.2 Å². The largest absolute Gasteiger partial charge is 0.342 e. The van der Waals surface area contributed by atoms with E-state index in [2.05, 4.69) is 15.3 Å². The van der Waals surface area contributed by atoms with E-state index in [-0.39, 0.29) is 12.3 Å². The molecule has 0 unspecified atom stereocenters. The standard InChI is InChI=1S/C18H16N4O/c1-2-17-21-15-8-5-13(9-16(15)22-17)10-18(23)20-14-6-3-12(11-19)4-7-14/h3-9H,2,10H2,1H3,(H,20,23)(H,21,22). The molecule has 114 valence electrons. The number of fused-ring (bicyclic) bond motifs is 1. The van der Waals surface area contributed by atoms with Crippen LogP contribution in [0.5, 0.6) is 0 Å². The van der Waals surface area contributed by atoms with Gasteiger partial charge in [0.15, 0.2) is 0 Å². The number of nitriles is 1. The number of imidazole rings is 1. The molecule has 1 amide bonds. The second kappa shape index (κ2) is 6.32. The van der Waals surface area contributed by atoms with Gasteiger partial charge in [-0.25, -0.2) is 4.98 Å². The summed E-state index contributed by atoms with van der Waals surface area (Å²) in [6.07, 6.45) is 1.14. The highest BCUT2D eigenvalue weighted by atomic mass is 16.1. The fourth-order valence-corrected chi connectivity index (χ4v) is 2.41. The molecule has 0 saturated carbocycles. The summed E-state index contributed by atoms with van der Waals surface area (Å²) in [7, 11) is 0. The van der Waals surface area contributed by atoms with Crippen molar-refractivity contribution in [2.45, 2.75) is 19.8 Å². The van der Waals surface area contributed by atoms with E-state index < -0.39 is 0 Å². The van der Waals surface area contributed by atoms with E-state index in [1.54, 1.807) is 24.3 Å². The number of amides is 1. The fourth-order valence-electron chi connectivity index (χ4n) is 2.41. The third-order valence-corrected chi connectivity index (χ3v) is 3.59. The first-order valence-electron chi connectivity index (χ1n) is 7.45. The molecule has 0 aliphatic heterocycles. The van der Waals surface area contributed by atoms with Crippen molar-refractivity contribution in [2.24, 2.45) is 0 Å². The monoisotopic (exact) mass is 304 g/mol. The summed E-state index contributed by atoms with van der Waals surface area (Å²) in [6.45, 7) is 2.05. The molecule has 1 aromatic heterocycles. The molecule has 5 nitrogen and oxygen atoms in total. The van der Waals surface area contributed by atoms with Crippen molar-refractivity contribution in [1.82, 2.24) is 9.97 Å². The Labute approximate surface area is 134 Å². The quantitative estimate of drug-likeness (QED) is 0.776. The van der Waals surface area contributed by atoms with E-state index in [4.69, 9.17) is 5.26 Å². The first-order valence-corrected chi connectivity index (χ1v) is 7.45. The molecule has 0 bridgehead atoms. The predicted octanol–water partition coefficient (Wildman–Crippen LogP) is 3.18. The number of benzene rings is 2. The molecule has 2 N–H and O–H groups in total. The van der Waals surface area contributed by atoms with Crippen molar-refractivity contribution >= 4 is 22.6 Å². The van der Waals surface area contributed by atoms with Crippen LogP contribution in [0.1, 0.15) is 23.9 Å². The highest BCUT2D eigenvalue weighted by molar-refractivity contribution is 5.92. The van der Waals surface area contributed by atoms with Crippen LogP contribution in [0, 0.1) is 11.3 Å². The minimum atomic E-state index is -0.0933. The third-order valence-electron chi connectivity index (χ3n) is 3.59. The molecular formula is C18H16N4O. The van der Waals surface area contributed by atoms with Crippen LogP contribution in [0.4, 0.5) is 5.69 Å². The van der Waals surface area contributed by atoms with Crippen LogP contribution in [-0.4, -0.2) is 15.9 Å². The minimum Gasteiger partial charge on any atom is -0.342 e. The maximum Gasteiger partial charge on any atom is 0.228 e. The van der Waals surface area contributed by atoms with Crippen LogP contribution in [0.2, 0.25) is 0 Å². The SMILES string of the molecule is CCc1nc2ccc(CC(=O)Nc3ccc(C#N)cc3)cc2[nH]1. The van der Waals surface area contributed by atoms with E-state index in [0.717, 1.165) is 28.8 Å². The zero-order chi connectivity index (χ0) is 16.2. The molecule has 0 spiro atoms. The Balaban J connectivity index is 1.70. The summed E-state index contributed by atoms with van der Waals surface area (Å²) in [4.78, 5) is 19.8. The average molecular weight is 304 g/mol. The lowest BCUT2D eigenvalue weighted by molar-refractivity contribution is -0.115. The number of hydrogen-bond acceptors (Lipinski definition) is 3. The van der Waals surface area contributed by atoms with Crippen molar-refractivity contribution < 1.29 is 4.79 Å². The summed E-state index contributed by atoms with van der Waals surface area (Å²) in [5, 5.41) is 11.6. The Hall–Kier alpha value is -3.13. The molecule has 0 atom stereocenters. The predicted molar refractivity (Wildman–Crippen MR) is 89.0 cm³/mol. The number of rotatable bonds is 4. The zero-order valence-corrected chi connectivity index (χ0v) is 12.8. The van der Waals surface area contributed by atoms with Crippen LogP contribution in [0.25, 0.3) is 11.0 Å². The number of aromatic nitrogens is 2. The van der Waals surface area contributed by atoms with Gasteiger partial charge in [-0.3, -0.25) is 4.79 Å². The summed E-state index contributed by atoms with van der Waals surface area (Å²) >= 11 is 0. The Morgan fingerprint density at radius 3 is 2.74 bits per heavy atom. The number of H-pyrrole nitrogens is 1. The van der Waals surface area contributed by atoms with Gasteiger partial charge in [-0.15, -0.1) is 0 Å². The van der Waals surface area contributed by atoms with Crippen molar-refractivity contribution in [3.63, 3.8) is 0 Å². The average Bonchev–Trinajstić information content (AvgIpc) is 2.98. The molecule has 3 aromatic rings. The van der Waals surface area contributed by atoms with Crippen molar-refractivity contribution in [3.05, 3.63) is 59.4 Å².